The fourth-order valence-electron chi connectivity index (χ4n) is 3.73. The maximum absolute atomic E-state index is 14.5. The predicted octanol–water partition coefficient (Wildman–Crippen LogP) is 3.82. The van der Waals surface area contributed by atoms with Gasteiger partial charge in [0, 0.05) is 17.7 Å². The third-order valence-corrected chi connectivity index (χ3v) is 5.18. The molecule has 0 bridgehead atoms. The minimum atomic E-state index is -0.979. The number of methoxy groups -OCH3 is 1. The van der Waals surface area contributed by atoms with Gasteiger partial charge in [-0.3, -0.25) is 9.78 Å². The first-order chi connectivity index (χ1) is 14.3. The Morgan fingerprint density at radius 2 is 1.90 bits per heavy atom. The van der Waals surface area contributed by atoms with Gasteiger partial charge in [0.05, 0.1) is 24.5 Å². The quantitative estimate of drug-likeness (QED) is 0.657. The van der Waals surface area contributed by atoms with Crippen molar-refractivity contribution in [2.24, 2.45) is 4.99 Å². The second-order valence-corrected chi connectivity index (χ2v) is 7.01. The summed E-state index contributed by atoms with van der Waals surface area (Å²) >= 11 is 0. The average Bonchev–Trinajstić information content (AvgIpc) is 3.13. The second kappa shape index (κ2) is 7.47. The van der Waals surface area contributed by atoms with E-state index in [0.717, 1.165) is 12.1 Å². The van der Waals surface area contributed by atoms with Gasteiger partial charge in [0.15, 0.2) is 11.6 Å². The van der Waals surface area contributed by atoms with Crippen LogP contribution >= 0.6 is 0 Å². The monoisotopic (exact) mass is 419 g/mol. The third-order valence-electron chi connectivity index (χ3n) is 5.18. The number of aromatic amines is 1. The molecule has 156 valence electrons. The Kier molecular flexibility index (Phi) is 4.97. The molecule has 0 amide bonds. The number of H-pyrrole nitrogens is 1. The number of nitrogens with zero attached hydrogens (tertiary/aromatic N) is 2. The third kappa shape index (κ3) is 3.30. The van der Waals surface area contributed by atoms with Gasteiger partial charge in [-0.15, -0.1) is 0 Å². The molecule has 0 saturated heterocycles. The van der Waals surface area contributed by atoms with Gasteiger partial charge in [0.2, 0.25) is 11.4 Å². The van der Waals surface area contributed by atoms with Crippen LogP contribution in [0.4, 0.5) is 23.2 Å². The molecular weight excluding hydrogens is 402 g/mol. The molecule has 0 fully saturated rings. The number of rotatable bonds is 3. The Morgan fingerprint density at radius 1 is 1.13 bits per heavy atom. The van der Waals surface area contributed by atoms with Crippen molar-refractivity contribution < 1.29 is 22.3 Å². The van der Waals surface area contributed by atoms with Gasteiger partial charge in [0.25, 0.3) is 5.56 Å². The molecular formula is C21H17F4N3O2. The number of halogens is 4. The van der Waals surface area contributed by atoms with Gasteiger partial charge in [-0.1, -0.05) is 6.07 Å². The molecule has 1 N–H and O–H groups in total. The van der Waals surface area contributed by atoms with Crippen molar-refractivity contribution in [2.75, 3.05) is 7.11 Å². The number of hydrogen-bond acceptors (Lipinski definition) is 3. The summed E-state index contributed by atoms with van der Waals surface area (Å²) in [6.07, 6.45) is 0.469. The highest BCUT2D eigenvalue weighted by molar-refractivity contribution is 5.50. The second-order valence-electron chi connectivity index (χ2n) is 7.01. The van der Waals surface area contributed by atoms with Gasteiger partial charge < -0.3 is 9.30 Å². The van der Waals surface area contributed by atoms with Crippen LogP contribution in [0.2, 0.25) is 0 Å². The van der Waals surface area contributed by atoms with E-state index in [-0.39, 0.29) is 34.7 Å². The standard InChI is InChI=1S/C21H17F4N3O2/c1-10-7-14(24)18(30-2)9-15(10)26-21-27-20(29)19(25)17-6-5-16(28(17)21)12-4-3-11(22)8-13(12)23/h3-4,7-9,16H,5-6H2,1-2H3,(H,26,27,29). The minimum absolute atomic E-state index is 0.0283. The lowest BCUT2D eigenvalue weighted by Gasteiger charge is -2.17. The normalized spacial score (nSPS) is 16.1. The van der Waals surface area contributed by atoms with Crippen LogP contribution in [0.25, 0.3) is 0 Å². The molecule has 0 radical (unpaired) electrons. The van der Waals surface area contributed by atoms with Crippen LogP contribution < -0.4 is 15.9 Å². The van der Waals surface area contributed by atoms with Crippen LogP contribution in [-0.2, 0) is 6.42 Å². The van der Waals surface area contributed by atoms with Crippen LogP contribution in [0.15, 0.2) is 40.1 Å². The van der Waals surface area contributed by atoms with Gasteiger partial charge in [-0.05, 0) is 37.5 Å². The number of benzene rings is 2. The van der Waals surface area contributed by atoms with E-state index in [4.69, 9.17) is 4.74 Å². The van der Waals surface area contributed by atoms with E-state index < -0.39 is 34.9 Å². The van der Waals surface area contributed by atoms with Crippen molar-refractivity contribution in [1.29, 1.82) is 0 Å². The lowest BCUT2D eigenvalue weighted by Crippen LogP contribution is -2.35. The van der Waals surface area contributed by atoms with Gasteiger partial charge in [-0.2, -0.15) is 4.39 Å². The first-order valence-corrected chi connectivity index (χ1v) is 9.17. The molecule has 1 aliphatic rings. The summed E-state index contributed by atoms with van der Waals surface area (Å²) < 4.78 is 62.6. The highest BCUT2D eigenvalue weighted by Crippen LogP contribution is 2.33. The van der Waals surface area contributed by atoms with Gasteiger partial charge in [0.1, 0.15) is 11.6 Å². The van der Waals surface area contributed by atoms with Crippen LogP contribution in [0.5, 0.6) is 5.75 Å². The summed E-state index contributed by atoms with van der Waals surface area (Å²) in [5.41, 5.74) is -0.0356. The molecule has 1 unspecified atom stereocenters. The molecule has 0 aliphatic carbocycles. The van der Waals surface area contributed by atoms with E-state index in [2.05, 4.69) is 9.98 Å². The molecule has 1 aromatic heterocycles. The molecule has 1 aliphatic heterocycles. The molecule has 0 spiro atoms. The van der Waals surface area contributed by atoms with Crippen molar-refractivity contribution in [3.63, 3.8) is 0 Å². The van der Waals surface area contributed by atoms with E-state index in [0.29, 0.717) is 12.0 Å². The highest BCUT2D eigenvalue weighted by Gasteiger charge is 2.30. The number of ether oxygens (including phenoxy) is 1. The zero-order chi connectivity index (χ0) is 21.6. The van der Waals surface area contributed by atoms with Crippen LogP contribution in [0, 0.1) is 30.2 Å². The fraction of sp³-hybridized carbons (Fsp3) is 0.238. The van der Waals surface area contributed by atoms with E-state index in [1.165, 1.54) is 29.9 Å². The molecule has 2 aromatic carbocycles. The molecule has 0 saturated carbocycles. The summed E-state index contributed by atoms with van der Waals surface area (Å²) in [5.74, 6) is -3.12. The Bertz CT molecular complexity index is 1280. The summed E-state index contributed by atoms with van der Waals surface area (Å²) in [7, 11) is 1.30. The SMILES string of the molecule is COc1cc(/N=c2\[nH]c(=O)c(F)c3n2C(c2ccc(F)cc2F)CC3)c(C)cc1F. The molecule has 9 heteroatoms. The topological polar surface area (TPSA) is 59.4 Å². The lowest BCUT2D eigenvalue weighted by atomic mass is 10.0. The molecule has 30 heavy (non-hydrogen) atoms. The number of nitrogens with one attached hydrogen (secondary N) is 1. The number of hydrogen-bond donors (Lipinski definition) is 1. The van der Waals surface area contributed by atoms with Crippen molar-refractivity contribution >= 4 is 5.69 Å². The first kappa shape index (κ1) is 19.9. The Hall–Kier alpha value is -3.36. The van der Waals surface area contributed by atoms with Gasteiger partial charge in [-0.25, -0.2) is 18.2 Å². The maximum Gasteiger partial charge on any atom is 0.288 e. The van der Waals surface area contributed by atoms with Gasteiger partial charge >= 0.3 is 0 Å². The summed E-state index contributed by atoms with van der Waals surface area (Å²) in [4.78, 5) is 18.8. The molecule has 1 atom stereocenters. The van der Waals surface area contributed by atoms with E-state index in [1.807, 2.05) is 0 Å². The van der Waals surface area contributed by atoms with Crippen molar-refractivity contribution in [2.45, 2.75) is 25.8 Å². The van der Waals surface area contributed by atoms with Crippen LogP contribution in [-0.4, -0.2) is 16.7 Å². The zero-order valence-electron chi connectivity index (χ0n) is 16.1. The zero-order valence-corrected chi connectivity index (χ0v) is 16.1. The van der Waals surface area contributed by atoms with Crippen molar-refractivity contribution in [3.05, 3.63) is 86.4 Å². The van der Waals surface area contributed by atoms with E-state index in [1.54, 1.807) is 6.92 Å². The van der Waals surface area contributed by atoms with Crippen LogP contribution in [0.1, 0.15) is 29.3 Å². The van der Waals surface area contributed by atoms with E-state index in [9.17, 15) is 22.4 Å². The number of fused-ring (bicyclic) bond motifs is 1. The predicted molar refractivity (Wildman–Crippen MR) is 101 cm³/mol. The molecule has 3 aromatic rings. The Morgan fingerprint density at radius 3 is 2.60 bits per heavy atom. The number of aryl methyl sites for hydroxylation is 1. The fourth-order valence-corrected chi connectivity index (χ4v) is 3.73. The summed E-state index contributed by atoms with van der Waals surface area (Å²) in [5, 5.41) is 0. The lowest BCUT2D eigenvalue weighted by molar-refractivity contribution is 0.386. The summed E-state index contributed by atoms with van der Waals surface area (Å²) in [6, 6.07) is 5.03. The largest absolute Gasteiger partial charge is 0.494 e. The molecule has 5 nitrogen and oxygen atoms in total. The summed E-state index contributed by atoms with van der Waals surface area (Å²) in [6.45, 7) is 1.62. The molecule has 2 heterocycles. The number of aromatic nitrogens is 2. The first-order valence-electron chi connectivity index (χ1n) is 9.17. The van der Waals surface area contributed by atoms with Crippen molar-refractivity contribution in [1.82, 2.24) is 9.55 Å². The maximum atomic E-state index is 14.5. The minimum Gasteiger partial charge on any atom is -0.494 e. The van der Waals surface area contributed by atoms with E-state index >= 15 is 0 Å². The van der Waals surface area contributed by atoms with Crippen LogP contribution in [0.3, 0.4) is 0 Å². The molecule has 4 rings (SSSR count). The van der Waals surface area contributed by atoms with Crippen molar-refractivity contribution in [3.8, 4) is 5.75 Å². The Labute approximate surface area is 168 Å². The Balaban J connectivity index is 1.98. The average molecular weight is 419 g/mol. The highest BCUT2D eigenvalue weighted by atomic mass is 19.1. The smallest absolute Gasteiger partial charge is 0.288 e.